The second-order valence-corrected chi connectivity index (χ2v) is 4.01. The second kappa shape index (κ2) is 7.13. The van der Waals surface area contributed by atoms with Crippen molar-refractivity contribution < 1.29 is 24.2 Å². The summed E-state index contributed by atoms with van der Waals surface area (Å²) in [5.74, 6) is -0.490. The molecule has 0 radical (unpaired) electrons. The van der Waals surface area contributed by atoms with E-state index in [0.29, 0.717) is 6.42 Å². The number of hydrogen-bond acceptors (Lipinski definition) is 5. The van der Waals surface area contributed by atoms with E-state index in [1.165, 1.54) is 7.11 Å². The Morgan fingerprint density at radius 3 is 2.72 bits per heavy atom. The summed E-state index contributed by atoms with van der Waals surface area (Å²) in [6.45, 7) is 1.52. The SMILES string of the molecule is CCC(=O)N[C@H]1C=C[C@H](CC(=O)OC)O[C@@H]1CO. The van der Waals surface area contributed by atoms with Crippen molar-refractivity contribution >= 4 is 11.9 Å². The zero-order valence-corrected chi connectivity index (χ0v) is 10.6. The van der Waals surface area contributed by atoms with Gasteiger partial charge in [0, 0.05) is 6.42 Å². The molecule has 6 nitrogen and oxygen atoms in total. The van der Waals surface area contributed by atoms with Crippen LogP contribution in [0.25, 0.3) is 0 Å². The quantitative estimate of drug-likeness (QED) is 0.524. The van der Waals surface area contributed by atoms with Crippen molar-refractivity contribution in [1.29, 1.82) is 0 Å². The first kappa shape index (κ1) is 14.7. The molecule has 0 aliphatic carbocycles. The molecule has 0 saturated heterocycles. The molecule has 2 N–H and O–H groups in total. The van der Waals surface area contributed by atoms with Crippen molar-refractivity contribution in [3.8, 4) is 0 Å². The fraction of sp³-hybridized carbons (Fsp3) is 0.667. The van der Waals surface area contributed by atoms with Crippen LogP contribution in [0.3, 0.4) is 0 Å². The number of carbonyl (C=O) groups is 2. The molecule has 0 aromatic rings. The van der Waals surface area contributed by atoms with Gasteiger partial charge >= 0.3 is 5.97 Å². The molecule has 0 aromatic heterocycles. The maximum Gasteiger partial charge on any atom is 0.308 e. The summed E-state index contributed by atoms with van der Waals surface area (Å²) in [5.41, 5.74) is 0. The molecule has 0 bridgehead atoms. The zero-order chi connectivity index (χ0) is 13.5. The highest BCUT2D eigenvalue weighted by atomic mass is 16.5. The minimum Gasteiger partial charge on any atom is -0.469 e. The molecule has 0 spiro atoms. The van der Waals surface area contributed by atoms with Gasteiger partial charge in [0.25, 0.3) is 0 Å². The number of nitrogens with one attached hydrogen (secondary N) is 1. The van der Waals surface area contributed by atoms with Crippen LogP contribution in [0.2, 0.25) is 0 Å². The third-order valence-corrected chi connectivity index (χ3v) is 2.71. The predicted octanol–water partition coefficient (Wildman–Crippen LogP) is -0.240. The fourth-order valence-corrected chi connectivity index (χ4v) is 1.67. The number of esters is 1. The third kappa shape index (κ3) is 4.12. The van der Waals surface area contributed by atoms with Crippen molar-refractivity contribution in [2.24, 2.45) is 0 Å². The van der Waals surface area contributed by atoms with Crippen LogP contribution < -0.4 is 5.32 Å². The van der Waals surface area contributed by atoms with Gasteiger partial charge in [-0.3, -0.25) is 9.59 Å². The summed E-state index contributed by atoms with van der Waals surface area (Å²) in [5, 5.41) is 12.0. The lowest BCUT2D eigenvalue weighted by molar-refractivity contribution is -0.145. The van der Waals surface area contributed by atoms with E-state index in [9.17, 15) is 14.7 Å². The first-order valence-corrected chi connectivity index (χ1v) is 5.91. The summed E-state index contributed by atoms with van der Waals surface area (Å²) < 4.78 is 10.1. The van der Waals surface area contributed by atoms with Crippen molar-refractivity contribution in [3.63, 3.8) is 0 Å². The van der Waals surface area contributed by atoms with Crippen LogP contribution in [-0.4, -0.2) is 48.9 Å². The molecule has 0 saturated carbocycles. The lowest BCUT2D eigenvalue weighted by atomic mass is 10.0. The van der Waals surface area contributed by atoms with Crippen LogP contribution >= 0.6 is 0 Å². The molecule has 0 unspecified atom stereocenters. The number of methoxy groups -OCH3 is 1. The van der Waals surface area contributed by atoms with Gasteiger partial charge in [-0.05, 0) is 0 Å². The molecule has 1 heterocycles. The van der Waals surface area contributed by atoms with Crippen molar-refractivity contribution in [1.82, 2.24) is 5.32 Å². The van der Waals surface area contributed by atoms with Crippen LogP contribution in [0.4, 0.5) is 0 Å². The predicted molar refractivity (Wildman–Crippen MR) is 63.7 cm³/mol. The second-order valence-electron chi connectivity index (χ2n) is 4.01. The van der Waals surface area contributed by atoms with Gasteiger partial charge in [0.1, 0.15) is 6.10 Å². The van der Waals surface area contributed by atoms with Gasteiger partial charge in [-0.25, -0.2) is 0 Å². The molecule has 1 aliphatic heterocycles. The number of aliphatic hydroxyl groups excluding tert-OH is 1. The van der Waals surface area contributed by atoms with Gasteiger partial charge in [0.05, 0.1) is 32.3 Å². The van der Waals surface area contributed by atoms with Crippen LogP contribution in [0.15, 0.2) is 12.2 Å². The van der Waals surface area contributed by atoms with Crippen LogP contribution in [0.1, 0.15) is 19.8 Å². The third-order valence-electron chi connectivity index (χ3n) is 2.71. The number of rotatable bonds is 5. The number of carbonyl (C=O) groups excluding carboxylic acids is 2. The van der Waals surface area contributed by atoms with E-state index in [1.54, 1.807) is 19.1 Å². The van der Waals surface area contributed by atoms with E-state index in [2.05, 4.69) is 10.1 Å². The maximum absolute atomic E-state index is 11.3. The maximum atomic E-state index is 11.3. The normalized spacial score (nSPS) is 26.7. The molecule has 102 valence electrons. The Labute approximate surface area is 106 Å². The van der Waals surface area contributed by atoms with Crippen molar-refractivity contribution in [2.45, 2.75) is 38.0 Å². The van der Waals surface area contributed by atoms with E-state index in [1.807, 2.05) is 0 Å². The molecule has 1 amide bonds. The Kier molecular flexibility index (Phi) is 5.80. The van der Waals surface area contributed by atoms with E-state index >= 15 is 0 Å². The standard InChI is InChI=1S/C12H19NO5/c1-3-11(15)13-9-5-4-8(6-12(16)17-2)18-10(9)7-14/h4-5,8-10,14H,3,6-7H2,1-2H3,(H,13,15)/t8-,9+,10-/m1/s1. The topological polar surface area (TPSA) is 84.9 Å². The molecule has 1 aliphatic rings. The largest absolute Gasteiger partial charge is 0.469 e. The molecule has 0 aromatic carbocycles. The summed E-state index contributed by atoms with van der Waals surface area (Å²) in [4.78, 5) is 22.4. The number of ether oxygens (including phenoxy) is 2. The summed E-state index contributed by atoms with van der Waals surface area (Å²) in [6.07, 6.45) is 2.94. The highest BCUT2D eigenvalue weighted by Crippen LogP contribution is 2.16. The number of hydrogen-bond donors (Lipinski definition) is 2. The van der Waals surface area contributed by atoms with Gasteiger partial charge in [-0.15, -0.1) is 0 Å². The van der Waals surface area contributed by atoms with E-state index < -0.39 is 12.2 Å². The lowest BCUT2D eigenvalue weighted by Gasteiger charge is -2.31. The first-order chi connectivity index (χ1) is 8.60. The van der Waals surface area contributed by atoms with E-state index in [-0.39, 0.29) is 30.9 Å². The van der Waals surface area contributed by atoms with E-state index in [0.717, 1.165) is 0 Å². The minimum absolute atomic E-state index is 0.0952. The smallest absolute Gasteiger partial charge is 0.308 e. The number of aliphatic hydroxyl groups is 1. The Hall–Kier alpha value is -1.40. The van der Waals surface area contributed by atoms with Crippen molar-refractivity contribution in [3.05, 3.63) is 12.2 Å². The van der Waals surface area contributed by atoms with Crippen LogP contribution in [0, 0.1) is 0 Å². The van der Waals surface area contributed by atoms with Crippen LogP contribution in [0.5, 0.6) is 0 Å². The fourth-order valence-electron chi connectivity index (χ4n) is 1.67. The molecule has 0 fully saturated rings. The minimum atomic E-state index is -0.542. The van der Waals surface area contributed by atoms with Gasteiger partial charge in [-0.2, -0.15) is 0 Å². The number of amides is 1. The Balaban J connectivity index is 2.60. The summed E-state index contributed by atoms with van der Waals surface area (Å²) in [6, 6.07) is -0.364. The van der Waals surface area contributed by atoms with Gasteiger partial charge in [0.15, 0.2) is 0 Å². The Bertz CT molecular complexity index is 328. The summed E-state index contributed by atoms with van der Waals surface area (Å²) >= 11 is 0. The molecule has 6 heteroatoms. The first-order valence-electron chi connectivity index (χ1n) is 5.91. The highest BCUT2D eigenvalue weighted by Gasteiger charge is 2.28. The van der Waals surface area contributed by atoms with Crippen LogP contribution in [-0.2, 0) is 19.1 Å². The Morgan fingerprint density at radius 1 is 1.44 bits per heavy atom. The summed E-state index contributed by atoms with van der Waals surface area (Å²) in [7, 11) is 1.31. The van der Waals surface area contributed by atoms with Gasteiger partial charge < -0.3 is 19.9 Å². The average Bonchev–Trinajstić information content (AvgIpc) is 2.39. The Morgan fingerprint density at radius 2 is 2.17 bits per heavy atom. The zero-order valence-electron chi connectivity index (χ0n) is 10.6. The van der Waals surface area contributed by atoms with Gasteiger partial charge in [-0.1, -0.05) is 19.1 Å². The van der Waals surface area contributed by atoms with Crippen molar-refractivity contribution in [2.75, 3.05) is 13.7 Å². The molecule has 1 rings (SSSR count). The molecule has 18 heavy (non-hydrogen) atoms. The van der Waals surface area contributed by atoms with E-state index in [4.69, 9.17) is 4.74 Å². The molecular weight excluding hydrogens is 238 g/mol. The van der Waals surface area contributed by atoms with Gasteiger partial charge in [0.2, 0.25) is 5.91 Å². The lowest BCUT2D eigenvalue weighted by Crippen LogP contribution is -2.48. The molecule has 3 atom stereocenters. The monoisotopic (exact) mass is 257 g/mol. The molecular formula is C12H19NO5. The average molecular weight is 257 g/mol. The highest BCUT2D eigenvalue weighted by molar-refractivity contribution is 5.76.